The Morgan fingerprint density at radius 1 is 1.24 bits per heavy atom. The van der Waals surface area contributed by atoms with Gasteiger partial charge in [0.2, 0.25) is 0 Å². The summed E-state index contributed by atoms with van der Waals surface area (Å²) in [5, 5.41) is 6.57. The first kappa shape index (κ1) is 21.5. The predicted molar refractivity (Wildman–Crippen MR) is 113 cm³/mol. The number of nitrogens with zero attached hydrogens (tertiary/aromatic N) is 2. The van der Waals surface area contributed by atoms with Crippen molar-refractivity contribution in [2.75, 3.05) is 37.7 Å². The number of halogens is 1. The highest BCUT2D eigenvalue weighted by Crippen LogP contribution is 2.31. The molecule has 2 rings (SSSR count). The molecule has 0 fully saturated rings. The number of ether oxygens (including phenoxy) is 1. The second kappa shape index (κ2) is 11.9. The van der Waals surface area contributed by atoms with Crippen LogP contribution in [0.1, 0.15) is 33.1 Å². The van der Waals surface area contributed by atoms with Crippen LogP contribution in [-0.2, 0) is 4.79 Å². The number of para-hydroxylation sites is 2. The molecule has 1 aliphatic rings. The quantitative estimate of drug-likeness (QED) is 0.271. The Balaban J connectivity index is 0.00000312. The number of rotatable bonds is 8. The van der Waals surface area contributed by atoms with Crippen LogP contribution in [0.25, 0.3) is 0 Å². The van der Waals surface area contributed by atoms with Crippen molar-refractivity contribution in [2.45, 2.75) is 33.1 Å². The molecule has 140 valence electrons. The van der Waals surface area contributed by atoms with E-state index in [1.807, 2.05) is 24.3 Å². The SMILES string of the molecule is CCCCNC(=NCCCN1C(=O)COc2ccccc21)NCC.I. The standard InChI is InChI=1S/C18H28N4O2.HI/c1-3-5-11-20-18(19-4-2)21-12-8-13-22-15-9-6-7-10-16(15)24-14-17(22)23;/h6-7,9-10H,3-5,8,11-14H2,1-2H3,(H2,19,20,21);1H. The van der Waals surface area contributed by atoms with Crippen LogP contribution >= 0.6 is 24.0 Å². The van der Waals surface area contributed by atoms with Crippen molar-refractivity contribution < 1.29 is 9.53 Å². The van der Waals surface area contributed by atoms with E-state index in [0.29, 0.717) is 13.1 Å². The van der Waals surface area contributed by atoms with Gasteiger partial charge in [-0.3, -0.25) is 9.79 Å². The minimum Gasteiger partial charge on any atom is -0.482 e. The summed E-state index contributed by atoms with van der Waals surface area (Å²) in [6.07, 6.45) is 3.10. The van der Waals surface area contributed by atoms with E-state index < -0.39 is 0 Å². The van der Waals surface area contributed by atoms with E-state index in [9.17, 15) is 4.79 Å². The predicted octanol–water partition coefficient (Wildman–Crippen LogP) is 2.78. The molecule has 0 bridgehead atoms. The van der Waals surface area contributed by atoms with Crippen LogP contribution in [0.4, 0.5) is 5.69 Å². The molecule has 1 aromatic carbocycles. The minimum absolute atomic E-state index is 0. The van der Waals surface area contributed by atoms with E-state index >= 15 is 0 Å². The molecule has 6 nitrogen and oxygen atoms in total. The fraction of sp³-hybridized carbons (Fsp3) is 0.556. The third-order valence-electron chi connectivity index (χ3n) is 3.79. The zero-order chi connectivity index (χ0) is 17.2. The summed E-state index contributed by atoms with van der Waals surface area (Å²) < 4.78 is 5.46. The van der Waals surface area contributed by atoms with Crippen molar-refractivity contribution in [3.63, 3.8) is 0 Å². The highest BCUT2D eigenvalue weighted by Gasteiger charge is 2.24. The van der Waals surface area contributed by atoms with Gasteiger partial charge in [0.1, 0.15) is 5.75 Å². The summed E-state index contributed by atoms with van der Waals surface area (Å²) in [5.41, 5.74) is 0.853. The molecule has 1 heterocycles. The van der Waals surface area contributed by atoms with Gasteiger partial charge in [-0.15, -0.1) is 24.0 Å². The first-order valence-corrected chi connectivity index (χ1v) is 8.80. The van der Waals surface area contributed by atoms with Crippen LogP contribution in [0, 0.1) is 0 Å². The average molecular weight is 460 g/mol. The van der Waals surface area contributed by atoms with Crippen LogP contribution in [0.2, 0.25) is 0 Å². The molecule has 1 amide bonds. The van der Waals surface area contributed by atoms with E-state index in [0.717, 1.165) is 49.7 Å². The third kappa shape index (κ3) is 6.72. The third-order valence-corrected chi connectivity index (χ3v) is 3.79. The highest BCUT2D eigenvalue weighted by atomic mass is 127. The van der Waals surface area contributed by atoms with Gasteiger partial charge >= 0.3 is 0 Å². The largest absolute Gasteiger partial charge is 0.482 e. The Bertz CT molecular complexity index is 566. The second-order valence-electron chi connectivity index (χ2n) is 5.70. The summed E-state index contributed by atoms with van der Waals surface area (Å²) >= 11 is 0. The number of amides is 1. The topological polar surface area (TPSA) is 66.0 Å². The van der Waals surface area contributed by atoms with Crippen LogP contribution in [0.3, 0.4) is 0 Å². The number of carbonyl (C=O) groups excluding carboxylic acids is 1. The average Bonchev–Trinajstić information content (AvgIpc) is 2.60. The summed E-state index contributed by atoms with van der Waals surface area (Å²) in [5.74, 6) is 1.63. The van der Waals surface area contributed by atoms with Crippen molar-refractivity contribution in [1.29, 1.82) is 0 Å². The van der Waals surface area contributed by atoms with Crippen molar-refractivity contribution >= 4 is 41.5 Å². The number of benzene rings is 1. The van der Waals surface area contributed by atoms with Crippen molar-refractivity contribution in [3.8, 4) is 5.75 Å². The lowest BCUT2D eigenvalue weighted by Gasteiger charge is -2.29. The molecule has 25 heavy (non-hydrogen) atoms. The molecule has 7 heteroatoms. The highest BCUT2D eigenvalue weighted by molar-refractivity contribution is 14.0. The van der Waals surface area contributed by atoms with E-state index in [2.05, 4.69) is 29.5 Å². The molecule has 0 atom stereocenters. The maximum absolute atomic E-state index is 12.1. The number of hydrogen-bond donors (Lipinski definition) is 2. The van der Waals surface area contributed by atoms with Gasteiger partial charge in [0.25, 0.3) is 5.91 Å². The van der Waals surface area contributed by atoms with Crippen molar-refractivity contribution in [3.05, 3.63) is 24.3 Å². The smallest absolute Gasteiger partial charge is 0.265 e. The van der Waals surface area contributed by atoms with Crippen LogP contribution < -0.4 is 20.3 Å². The molecule has 0 aliphatic carbocycles. The van der Waals surface area contributed by atoms with Gasteiger partial charge in [0.05, 0.1) is 5.69 Å². The van der Waals surface area contributed by atoms with Crippen LogP contribution in [0.5, 0.6) is 5.75 Å². The van der Waals surface area contributed by atoms with Gasteiger partial charge in [-0.1, -0.05) is 25.5 Å². The number of aliphatic imine (C=N–C) groups is 1. The lowest BCUT2D eigenvalue weighted by atomic mass is 10.2. The van der Waals surface area contributed by atoms with Gasteiger partial charge < -0.3 is 20.3 Å². The fourth-order valence-electron chi connectivity index (χ4n) is 2.54. The Morgan fingerprint density at radius 3 is 2.80 bits per heavy atom. The zero-order valence-electron chi connectivity index (χ0n) is 15.1. The molecule has 2 N–H and O–H groups in total. The molecule has 0 aromatic heterocycles. The number of fused-ring (bicyclic) bond motifs is 1. The first-order chi connectivity index (χ1) is 11.8. The molecule has 0 unspecified atom stereocenters. The van der Waals surface area contributed by atoms with Crippen molar-refractivity contribution in [1.82, 2.24) is 10.6 Å². The van der Waals surface area contributed by atoms with Gasteiger partial charge in [0, 0.05) is 26.2 Å². The molecule has 1 aromatic rings. The van der Waals surface area contributed by atoms with E-state index in [-0.39, 0.29) is 36.5 Å². The Kier molecular flexibility index (Phi) is 10.3. The Hall–Kier alpha value is -1.51. The van der Waals surface area contributed by atoms with Gasteiger partial charge in [-0.2, -0.15) is 0 Å². The lowest BCUT2D eigenvalue weighted by molar-refractivity contribution is -0.121. The van der Waals surface area contributed by atoms with Gasteiger partial charge in [-0.25, -0.2) is 0 Å². The van der Waals surface area contributed by atoms with E-state index in [1.54, 1.807) is 4.90 Å². The second-order valence-corrected chi connectivity index (χ2v) is 5.70. The summed E-state index contributed by atoms with van der Waals surface area (Å²) in [7, 11) is 0. The Labute approximate surface area is 167 Å². The zero-order valence-corrected chi connectivity index (χ0v) is 17.4. The maximum atomic E-state index is 12.1. The van der Waals surface area contributed by atoms with E-state index in [4.69, 9.17) is 4.74 Å². The normalized spacial score (nSPS) is 13.6. The monoisotopic (exact) mass is 460 g/mol. The summed E-state index contributed by atoms with van der Waals surface area (Å²) in [6.45, 7) is 7.43. The van der Waals surface area contributed by atoms with E-state index in [1.165, 1.54) is 0 Å². The molecule has 0 radical (unpaired) electrons. The summed E-state index contributed by atoms with van der Waals surface area (Å²) in [6, 6.07) is 7.66. The fourth-order valence-corrected chi connectivity index (χ4v) is 2.54. The van der Waals surface area contributed by atoms with Crippen molar-refractivity contribution in [2.24, 2.45) is 4.99 Å². The lowest BCUT2D eigenvalue weighted by Crippen LogP contribution is -2.40. The number of guanidine groups is 1. The first-order valence-electron chi connectivity index (χ1n) is 8.80. The molecule has 1 aliphatic heterocycles. The molecule has 0 spiro atoms. The molecular formula is C18H29IN4O2. The number of nitrogens with one attached hydrogen (secondary N) is 2. The summed E-state index contributed by atoms with van der Waals surface area (Å²) in [4.78, 5) is 18.5. The molecule has 0 saturated heterocycles. The molecular weight excluding hydrogens is 431 g/mol. The number of anilines is 1. The maximum Gasteiger partial charge on any atom is 0.265 e. The number of hydrogen-bond acceptors (Lipinski definition) is 3. The van der Waals surface area contributed by atoms with Crippen LogP contribution in [0.15, 0.2) is 29.3 Å². The van der Waals surface area contributed by atoms with Gasteiger partial charge in [0.15, 0.2) is 12.6 Å². The minimum atomic E-state index is 0. The Morgan fingerprint density at radius 2 is 2.04 bits per heavy atom. The van der Waals surface area contributed by atoms with Crippen LogP contribution in [-0.4, -0.2) is 44.7 Å². The number of unbranched alkanes of at least 4 members (excludes halogenated alkanes) is 1. The molecule has 0 saturated carbocycles. The van der Waals surface area contributed by atoms with Gasteiger partial charge in [-0.05, 0) is 31.9 Å². The number of carbonyl (C=O) groups is 1.